The minimum absolute atomic E-state index is 0.218. The Morgan fingerprint density at radius 2 is 1.54 bits per heavy atom. The van der Waals surface area contributed by atoms with Crippen molar-refractivity contribution in [2.24, 2.45) is 5.41 Å². The van der Waals surface area contributed by atoms with Crippen LogP contribution >= 0.6 is 0 Å². The van der Waals surface area contributed by atoms with E-state index >= 15 is 0 Å². The summed E-state index contributed by atoms with van der Waals surface area (Å²) in [6.45, 7) is 22.0. The molecule has 0 N–H and O–H groups in total. The van der Waals surface area contributed by atoms with Gasteiger partial charge in [-0.3, -0.25) is 0 Å². The summed E-state index contributed by atoms with van der Waals surface area (Å²) in [7, 11) is -4.56. The zero-order valence-electron chi connectivity index (χ0n) is 23.7. The van der Waals surface area contributed by atoms with Crippen LogP contribution in [0.5, 0.6) is 0 Å². The highest BCUT2D eigenvalue weighted by atomic mass is 28.4. The van der Waals surface area contributed by atoms with Gasteiger partial charge in [-0.1, -0.05) is 133 Å². The number of terminal acetylenes is 1. The molecule has 5 heteroatoms. The summed E-state index contributed by atoms with van der Waals surface area (Å²) in [5.74, 6) is 4.72. The van der Waals surface area contributed by atoms with Crippen molar-refractivity contribution in [3.63, 3.8) is 0 Å². The highest BCUT2D eigenvalue weighted by Gasteiger charge is 2.62. The average molecular weight is 531 g/mol. The maximum absolute atomic E-state index is 7.52. The molecule has 0 saturated carbocycles. The van der Waals surface area contributed by atoms with Gasteiger partial charge in [0.2, 0.25) is 0 Å². The number of hydrogen-bond donors (Lipinski definition) is 0. The second-order valence-electron chi connectivity index (χ2n) is 12.5. The van der Waals surface area contributed by atoms with Crippen molar-refractivity contribution in [2.45, 2.75) is 77.3 Å². The Balaban J connectivity index is 2.21. The first kappa shape index (κ1) is 29.2. The smallest absolute Gasteiger partial charge is 0.261 e. The topological polar surface area (TPSA) is 27.7 Å². The quantitative estimate of drug-likeness (QED) is 0.258. The number of benzene rings is 2. The van der Waals surface area contributed by atoms with Crippen molar-refractivity contribution < 1.29 is 13.9 Å². The van der Waals surface area contributed by atoms with E-state index in [1.165, 1.54) is 10.4 Å². The summed E-state index contributed by atoms with van der Waals surface area (Å²) < 4.78 is 20.4. The molecule has 0 spiro atoms. The lowest BCUT2D eigenvalue weighted by molar-refractivity contribution is -0.210. The maximum atomic E-state index is 7.52. The fourth-order valence-corrected chi connectivity index (χ4v) is 10.3. The van der Waals surface area contributed by atoms with Gasteiger partial charge in [0.05, 0.1) is 6.61 Å². The molecule has 0 aliphatic carbocycles. The van der Waals surface area contributed by atoms with E-state index in [2.05, 4.69) is 127 Å². The van der Waals surface area contributed by atoms with E-state index in [0.29, 0.717) is 6.61 Å². The highest BCUT2D eigenvalue weighted by molar-refractivity contribution is 6.99. The third kappa shape index (κ3) is 6.03. The molecular weight excluding hydrogens is 489 g/mol. The van der Waals surface area contributed by atoms with E-state index < -0.39 is 39.8 Å². The van der Waals surface area contributed by atoms with Gasteiger partial charge in [0.25, 0.3) is 14.1 Å². The maximum Gasteiger partial charge on any atom is 0.261 e. The van der Waals surface area contributed by atoms with Crippen molar-refractivity contribution in [2.75, 3.05) is 6.61 Å². The molecular formula is C32H42O3Si2. The Hall–Kier alpha value is -2.39. The molecule has 1 saturated heterocycles. The van der Waals surface area contributed by atoms with Crippen LogP contribution in [0.4, 0.5) is 0 Å². The third-order valence-electron chi connectivity index (χ3n) is 6.73. The van der Waals surface area contributed by atoms with Crippen molar-refractivity contribution in [3.05, 3.63) is 73.3 Å². The van der Waals surface area contributed by atoms with E-state index in [4.69, 9.17) is 20.3 Å². The summed E-state index contributed by atoms with van der Waals surface area (Å²) in [6, 6.07) is 21.1. The third-order valence-corrected chi connectivity index (χ3v) is 12.6. The molecule has 196 valence electrons. The van der Waals surface area contributed by atoms with Gasteiger partial charge in [-0.25, -0.2) is 0 Å². The fourth-order valence-electron chi connectivity index (χ4n) is 4.92. The predicted molar refractivity (Wildman–Crippen MR) is 160 cm³/mol. The lowest BCUT2D eigenvalue weighted by Gasteiger charge is -2.48. The molecule has 3 nitrogen and oxygen atoms in total. The van der Waals surface area contributed by atoms with Crippen LogP contribution in [0.1, 0.15) is 34.6 Å². The van der Waals surface area contributed by atoms with Crippen LogP contribution in [0.3, 0.4) is 0 Å². The summed E-state index contributed by atoms with van der Waals surface area (Å²) in [4.78, 5) is 0. The molecule has 0 radical (unpaired) electrons. The largest absolute Gasteiger partial charge is 0.397 e. The second kappa shape index (κ2) is 10.8. The fraction of sp³-hybridized carbons (Fsp3) is 0.438. The minimum atomic E-state index is -2.93. The molecule has 0 amide bonds. The van der Waals surface area contributed by atoms with Gasteiger partial charge in [0.15, 0.2) is 0 Å². The van der Waals surface area contributed by atoms with Crippen molar-refractivity contribution >= 4 is 26.8 Å². The first-order valence-electron chi connectivity index (χ1n) is 12.9. The van der Waals surface area contributed by atoms with Crippen molar-refractivity contribution in [1.82, 2.24) is 0 Å². The first-order valence-corrected chi connectivity index (χ1v) is 18.4. The summed E-state index contributed by atoms with van der Waals surface area (Å²) in [6.07, 6.45) is 6.82. The van der Waals surface area contributed by atoms with Gasteiger partial charge in [-0.05, 0) is 21.3 Å². The zero-order chi connectivity index (χ0) is 27.5. The van der Waals surface area contributed by atoms with Crippen LogP contribution in [-0.4, -0.2) is 41.0 Å². The molecule has 0 unspecified atom stereocenters. The monoisotopic (exact) mass is 530 g/mol. The summed E-state index contributed by atoms with van der Waals surface area (Å²) in [5, 5.41) is 2.15. The van der Waals surface area contributed by atoms with E-state index in [9.17, 15) is 0 Å². The molecule has 2 aromatic carbocycles. The van der Waals surface area contributed by atoms with Gasteiger partial charge in [0, 0.05) is 5.41 Å². The second-order valence-corrected chi connectivity index (χ2v) is 21.5. The first-order chi connectivity index (χ1) is 17.2. The van der Waals surface area contributed by atoms with E-state index in [1.54, 1.807) is 6.08 Å². The Labute approximate surface area is 226 Å². The van der Waals surface area contributed by atoms with Gasteiger partial charge in [-0.2, -0.15) is 0 Å². The van der Waals surface area contributed by atoms with Crippen LogP contribution in [0.2, 0.25) is 24.7 Å². The summed E-state index contributed by atoms with van der Waals surface area (Å²) in [5.41, 5.74) is 2.98. The highest BCUT2D eigenvalue weighted by Crippen LogP contribution is 2.47. The Bertz CT molecular complexity index is 1130. The molecule has 0 aromatic heterocycles. The molecule has 37 heavy (non-hydrogen) atoms. The van der Waals surface area contributed by atoms with Gasteiger partial charge in [-0.15, -0.1) is 12.0 Å². The zero-order valence-corrected chi connectivity index (χ0v) is 25.7. The number of hydrogen-bond acceptors (Lipinski definition) is 3. The van der Waals surface area contributed by atoms with Crippen molar-refractivity contribution in [3.8, 4) is 23.8 Å². The van der Waals surface area contributed by atoms with Crippen LogP contribution in [0, 0.1) is 29.2 Å². The van der Waals surface area contributed by atoms with Crippen LogP contribution in [0.25, 0.3) is 0 Å². The molecule has 3 atom stereocenters. The average Bonchev–Trinajstić information content (AvgIpc) is 3.09. The van der Waals surface area contributed by atoms with E-state index in [1.807, 2.05) is 12.1 Å². The molecule has 1 aliphatic rings. The van der Waals surface area contributed by atoms with Crippen LogP contribution in [-0.2, 0) is 13.9 Å². The normalized spacial score (nSPS) is 22.4. The SMILES string of the molecule is C#C[C@@]1(O[C@H](C#C[Si](C)(C)C)C=C)OCC(C)(C)[C@H]1O[Si](c1ccccc1)(c1ccccc1)C(C)(C)C. The molecule has 2 aromatic rings. The lowest BCUT2D eigenvalue weighted by atomic mass is 9.86. The van der Waals surface area contributed by atoms with Crippen LogP contribution < -0.4 is 10.4 Å². The van der Waals surface area contributed by atoms with Gasteiger partial charge < -0.3 is 13.9 Å². The van der Waals surface area contributed by atoms with E-state index in [0.717, 1.165) is 0 Å². The van der Waals surface area contributed by atoms with E-state index in [-0.39, 0.29) is 5.04 Å². The van der Waals surface area contributed by atoms with Crippen LogP contribution in [0.15, 0.2) is 73.3 Å². The summed E-state index contributed by atoms with van der Waals surface area (Å²) >= 11 is 0. The predicted octanol–water partition coefficient (Wildman–Crippen LogP) is 5.77. The Morgan fingerprint density at radius 3 is 1.95 bits per heavy atom. The van der Waals surface area contributed by atoms with Gasteiger partial charge >= 0.3 is 0 Å². The minimum Gasteiger partial charge on any atom is -0.397 e. The van der Waals surface area contributed by atoms with Crippen molar-refractivity contribution in [1.29, 1.82) is 0 Å². The number of rotatable bonds is 7. The number of ether oxygens (including phenoxy) is 2. The molecule has 3 rings (SSSR count). The van der Waals surface area contributed by atoms with Gasteiger partial charge in [0.1, 0.15) is 20.3 Å². The molecule has 1 fully saturated rings. The Morgan fingerprint density at radius 1 is 1.03 bits per heavy atom. The Kier molecular flexibility index (Phi) is 8.49. The standard InChI is InChI=1S/C32H42O3Si2/c1-11-26(23-24-36(8,9)10)34-32(12-2)29(31(6,7)25-33-32)35-37(30(3,4)5,27-19-15-13-16-20-27)28-21-17-14-18-22-28/h2,11,13-22,26,29H,1,25H2,3-10H3/t26-,29+,32-/m0/s1. The lowest BCUT2D eigenvalue weighted by Crippen LogP contribution is -2.70. The molecule has 0 bridgehead atoms. The molecule has 1 aliphatic heterocycles. The molecule has 1 heterocycles.